The van der Waals surface area contributed by atoms with Gasteiger partial charge in [0.2, 0.25) is 0 Å². The fourth-order valence-corrected chi connectivity index (χ4v) is 2.49. The fraction of sp³-hybridized carbons (Fsp3) is 0.538. The molecule has 0 bridgehead atoms. The van der Waals surface area contributed by atoms with Crippen LogP contribution in [0, 0.1) is 13.8 Å². The number of anilines is 1. The number of rotatable bonds is 2. The van der Waals surface area contributed by atoms with Gasteiger partial charge in [0.1, 0.15) is 5.75 Å². The van der Waals surface area contributed by atoms with Crippen LogP contribution in [-0.4, -0.2) is 33.3 Å². The van der Waals surface area contributed by atoms with Gasteiger partial charge in [0.15, 0.2) is 0 Å². The highest BCUT2D eigenvalue weighted by molar-refractivity contribution is 6.32. The molecule has 1 aromatic carbocycles. The Morgan fingerprint density at radius 3 is 2.53 bits per heavy atom. The van der Waals surface area contributed by atoms with E-state index in [1.165, 1.54) is 0 Å². The maximum atomic E-state index is 6.33. The van der Waals surface area contributed by atoms with E-state index in [0.29, 0.717) is 0 Å². The Morgan fingerprint density at radius 1 is 1.29 bits per heavy atom. The molecule has 1 N–H and O–H groups in total. The van der Waals surface area contributed by atoms with Crippen molar-refractivity contribution in [1.29, 1.82) is 0 Å². The van der Waals surface area contributed by atoms with Crippen LogP contribution in [0.2, 0.25) is 5.02 Å². The van der Waals surface area contributed by atoms with E-state index in [9.17, 15) is 0 Å². The molecule has 0 amide bonds. The Balaban J connectivity index is 2.46. The molecule has 0 aromatic heterocycles. The van der Waals surface area contributed by atoms with Gasteiger partial charge in [-0.05, 0) is 31.0 Å². The molecule has 1 fully saturated rings. The first-order valence-corrected chi connectivity index (χ1v) is 6.32. The van der Waals surface area contributed by atoms with Gasteiger partial charge in [0, 0.05) is 31.2 Å². The zero-order chi connectivity index (χ0) is 12.4. The summed E-state index contributed by atoms with van der Waals surface area (Å²) in [5, 5.41) is 4.20. The van der Waals surface area contributed by atoms with Crippen LogP contribution in [0.4, 0.5) is 5.69 Å². The number of nitrogens with one attached hydrogen (secondary N) is 1. The van der Waals surface area contributed by atoms with E-state index in [0.717, 1.165) is 53.8 Å². The minimum atomic E-state index is 0.847. The fourth-order valence-electron chi connectivity index (χ4n) is 2.35. The average Bonchev–Trinajstić information content (AvgIpc) is 2.36. The van der Waals surface area contributed by atoms with Crippen molar-refractivity contribution in [2.24, 2.45) is 0 Å². The molecule has 94 valence electrons. The lowest BCUT2D eigenvalue weighted by Gasteiger charge is -2.32. The molecule has 0 unspecified atom stereocenters. The van der Waals surface area contributed by atoms with Crippen molar-refractivity contribution >= 4 is 17.3 Å². The molecule has 1 saturated heterocycles. The van der Waals surface area contributed by atoms with Crippen LogP contribution in [0.25, 0.3) is 0 Å². The zero-order valence-electron chi connectivity index (χ0n) is 10.6. The maximum absolute atomic E-state index is 6.33. The van der Waals surface area contributed by atoms with E-state index in [-0.39, 0.29) is 0 Å². The molecular weight excluding hydrogens is 236 g/mol. The van der Waals surface area contributed by atoms with E-state index in [4.69, 9.17) is 16.3 Å². The summed E-state index contributed by atoms with van der Waals surface area (Å²) in [7, 11) is 1.72. The number of benzene rings is 1. The Kier molecular flexibility index (Phi) is 3.79. The second kappa shape index (κ2) is 5.15. The molecule has 1 heterocycles. The number of methoxy groups -OCH3 is 1. The summed E-state index contributed by atoms with van der Waals surface area (Å²) in [6.07, 6.45) is 0. The van der Waals surface area contributed by atoms with Gasteiger partial charge in [-0.3, -0.25) is 0 Å². The van der Waals surface area contributed by atoms with Crippen molar-refractivity contribution in [3.63, 3.8) is 0 Å². The van der Waals surface area contributed by atoms with E-state index < -0.39 is 0 Å². The molecule has 0 aliphatic carbocycles. The summed E-state index contributed by atoms with van der Waals surface area (Å²) in [6, 6.07) is 2.02. The number of halogens is 1. The van der Waals surface area contributed by atoms with Crippen molar-refractivity contribution in [2.45, 2.75) is 13.8 Å². The van der Waals surface area contributed by atoms with Crippen LogP contribution in [0.1, 0.15) is 11.1 Å². The molecule has 0 spiro atoms. The van der Waals surface area contributed by atoms with Gasteiger partial charge in [0.25, 0.3) is 0 Å². The van der Waals surface area contributed by atoms with Crippen LogP contribution in [0.5, 0.6) is 5.75 Å². The summed E-state index contributed by atoms with van der Waals surface area (Å²) in [4.78, 5) is 2.34. The topological polar surface area (TPSA) is 24.5 Å². The molecule has 0 saturated carbocycles. The van der Waals surface area contributed by atoms with Crippen molar-refractivity contribution in [3.8, 4) is 5.75 Å². The third kappa shape index (κ3) is 2.35. The van der Waals surface area contributed by atoms with E-state index in [1.807, 2.05) is 13.0 Å². The Hall–Kier alpha value is -0.930. The molecule has 0 radical (unpaired) electrons. The Labute approximate surface area is 108 Å². The number of ether oxygens (including phenoxy) is 1. The van der Waals surface area contributed by atoms with Crippen molar-refractivity contribution in [2.75, 3.05) is 38.2 Å². The van der Waals surface area contributed by atoms with Crippen LogP contribution in [-0.2, 0) is 0 Å². The highest BCUT2D eigenvalue weighted by Gasteiger charge is 2.19. The molecular formula is C13H19ClN2O. The summed E-state index contributed by atoms with van der Waals surface area (Å²) >= 11 is 6.33. The first-order valence-electron chi connectivity index (χ1n) is 5.94. The molecule has 1 aliphatic heterocycles. The van der Waals surface area contributed by atoms with Crippen molar-refractivity contribution in [1.82, 2.24) is 5.32 Å². The number of nitrogens with zero attached hydrogens (tertiary/aromatic N) is 1. The molecule has 3 nitrogen and oxygen atoms in total. The number of hydrogen-bond donors (Lipinski definition) is 1. The third-order valence-corrected chi connectivity index (χ3v) is 3.85. The van der Waals surface area contributed by atoms with Gasteiger partial charge >= 0.3 is 0 Å². The molecule has 2 rings (SSSR count). The highest BCUT2D eigenvalue weighted by atomic mass is 35.5. The highest BCUT2D eigenvalue weighted by Crippen LogP contribution is 2.38. The number of hydrogen-bond acceptors (Lipinski definition) is 3. The zero-order valence-corrected chi connectivity index (χ0v) is 11.4. The van der Waals surface area contributed by atoms with Gasteiger partial charge in [-0.25, -0.2) is 0 Å². The van der Waals surface area contributed by atoms with Crippen molar-refractivity contribution in [3.05, 3.63) is 22.2 Å². The van der Waals surface area contributed by atoms with Crippen LogP contribution < -0.4 is 15.0 Å². The maximum Gasteiger partial charge on any atom is 0.142 e. The second-order valence-corrected chi connectivity index (χ2v) is 4.80. The summed E-state index contributed by atoms with van der Waals surface area (Å²) in [6.45, 7) is 8.09. The summed E-state index contributed by atoms with van der Waals surface area (Å²) in [5.74, 6) is 0.923. The smallest absolute Gasteiger partial charge is 0.142 e. The standard InChI is InChI=1S/C13H19ClN2O/c1-9-8-11(17-3)13(10(2)12(9)14)16-6-4-15-5-7-16/h8,15H,4-7H2,1-3H3. The van der Waals surface area contributed by atoms with Crippen molar-refractivity contribution < 1.29 is 4.74 Å². The quantitative estimate of drug-likeness (QED) is 0.877. The van der Waals surface area contributed by atoms with E-state index >= 15 is 0 Å². The first-order chi connectivity index (χ1) is 8.15. The lowest BCUT2D eigenvalue weighted by molar-refractivity contribution is 0.412. The van der Waals surface area contributed by atoms with E-state index in [1.54, 1.807) is 7.11 Å². The lowest BCUT2D eigenvalue weighted by Crippen LogP contribution is -2.44. The van der Waals surface area contributed by atoms with E-state index in [2.05, 4.69) is 17.1 Å². The molecule has 0 atom stereocenters. The van der Waals surface area contributed by atoms with Gasteiger partial charge < -0.3 is 15.0 Å². The molecule has 1 aromatic rings. The lowest BCUT2D eigenvalue weighted by atomic mass is 10.1. The summed E-state index contributed by atoms with van der Waals surface area (Å²) in [5.41, 5.74) is 3.33. The number of aryl methyl sites for hydroxylation is 1. The predicted octanol–water partition coefficient (Wildman–Crippen LogP) is 2.38. The SMILES string of the molecule is COc1cc(C)c(Cl)c(C)c1N1CCNCC1. The third-order valence-electron chi connectivity index (χ3n) is 3.26. The van der Waals surface area contributed by atoms with Gasteiger partial charge in [-0.2, -0.15) is 0 Å². The predicted molar refractivity (Wildman–Crippen MR) is 72.6 cm³/mol. The monoisotopic (exact) mass is 254 g/mol. The van der Waals surface area contributed by atoms with Gasteiger partial charge in [-0.15, -0.1) is 0 Å². The molecule has 1 aliphatic rings. The minimum absolute atomic E-state index is 0.847. The van der Waals surface area contributed by atoms with Crippen LogP contribution in [0.15, 0.2) is 6.07 Å². The normalized spacial score (nSPS) is 16.1. The average molecular weight is 255 g/mol. The Bertz CT molecular complexity index is 414. The largest absolute Gasteiger partial charge is 0.495 e. The number of piperazine rings is 1. The minimum Gasteiger partial charge on any atom is -0.495 e. The van der Waals surface area contributed by atoms with Crippen LogP contribution in [0.3, 0.4) is 0 Å². The van der Waals surface area contributed by atoms with Crippen LogP contribution >= 0.6 is 11.6 Å². The molecule has 4 heteroatoms. The first kappa shape index (κ1) is 12.5. The molecule has 17 heavy (non-hydrogen) atoms. The Morgan fingerprint density at radius 2 is 1.94 bits per heavy atom. The van der Waals surface area contributed by atoms with Gasteiger partial charge in [0.05, 0.1) is 12.8 Å². The second-order valence-electron chi connectivity index (χ2n) is 4.42. The van der Waals surface area contributed by atoms with Gasteiger partial charge in [-0.1, -0.05) is 11.6 Å². The summed E-state index contributed by atoms with van der Waals surface area (Å²) < 4.78 is 5.49.